The normalized spacial score (nSPS) is 24.4. The quantitative estimate of drug-likeness (QED) is 0.461. The van der Waals surface area contributed by atoms with Crippen LogP contribution in [0.2, 0.25) is 0 Å². The number of carbonyl (C=O) groups excluding carboxylic acids is 2. The number of likely N-dealkylation sites (tertiary alicyclic amines) is 2. The first-order valence-electron chi connectivity index (χ1n) is 13.7. The van der Waals surface area contributed by atoms with Gasteiger partial charge in [-0.15, -0.1) is 0 Å². The van der Waals surface area contributed by atoms with E-state index in [1.54, 1.807) is 18.2 Å². The fraction of sp³-hybridized carbons (Fsp3) is 0.655. The maximum Gasteiger partial charge on any atom is 0.306 e. The Hall–Kier alpha value is -2.54. The highest BCUT2D eigenvalue weighted by molar-refractivity contribution is 5.92. The third-order valence-electron chi connectivity index (χ3n) is 7.72. The number of aromatic hydroxyl groups is 1. The van der Waals surface area contributed by atoms with E-state index in [1.807, 2.05) is 38.7 Å². The first-order valence-corrected chi connectivity index (χ1v) is 13.7. The monoisotopic (exact) mass is 499 g/mol. The van der Waals surface area contributed by atoms with Gasteiger partial charge in [-0.1, -0.05) is 13.8 Å². The fourth-order valence-electron chi connectivity index (χ4n) is 5.87. The van der Waals surface area contributed by atoms with Gasteiger partial charge in [-0.2, -0.15) is 0 Å². The highest BCUT2D eigenvalue weighted by Gasteiger charge is 2.53. The molecular weight excluding hydrogens is 456 g/mol. The van der Waals surface area contributed by atoms with Crippen LogP contribution in [0.3, 0.4) is 0 Å². The van der Waals surface area contributed by atoms with Gasteiger partial charge in [-0.05, 0) is 76.5 Å². The van der Waals surface area contributed by atoms with Gasteiger partial charge in [0.2, 0.25) is 5.91 Å². The van der Waals surface area contributed by atoms with E-state index >= 15 is 0 Å². The number of fused-ring (bicyclic) bond motifs is 1. The Morgan fingerprint density at radius 3 is 2.47 bits per heavy atom. The number of nitrogens with one attached hydrogen (secondary N) is 1. The van der Waals surface area contributed by atoms with Gasteiger partial charge in [0.25, 0.3) is 0 Å². The lowest BCUT2D eigenvalue weighted by atomic mass is 9.83. The van der Waals surface area contributed by atoms with Crippen molar-refractivity contribution in [3.63, 3.8) is 0 Å². The molecular formula is C29H43N2O5+. The number of ether oxygens (including phenoxy) is 2. The summed E-state index contributed by atoms with van der Waals surface area (Å²) in [7, 11) is 0. The second kappa shape index (κ2) is 11.2. The Kier molecular flexibility index (Phi) is 8.28. The van der Waals surface area contributed by atoms with Gasteiger partial charge >= 0.3 is 5.97 Å². The van der Waals surface area contributed by atoms with Crippen LogP contribution in [0.25, 0.3) is 6.08 Å². The first kappa shape index (κ1) is 26.5. The molecule has 1 amide bonds. The summed E-state index contributed by atoms with van der Waals surface area (Å²) < 4.78 is 12.5. The Bertz CT molecular complexity index is 974. The number of benzene rings is 1. The van der Waals surface area contributed by atoms with E-state index in [1.165, 1.54) is 17.7 Å². The topological polar surface area (TPSA) is 80.5 Å². The van der Waals surface area contributed by atoms with Crippen LogP contribution in [-0.2, 0) is 14.3 Å². The van der Waals surface area contributed by atoms with Crippen molar-refractivity contribution in [1.82, 2.24) is 4.90 Å². The Balaban J connectivity index is 1.69. The van der Waals surface area contributed by atoms with Crippen LogP contribution in [-0.4, -0.2) is 59.8 Å². The largest absolute Gasteiger partial charge is 0.507 e. The molecule has 0 aromatic heterocycles. The summed E-state index contributed by atoms with van der Waals surface area (Å²) in [5, 5.41) is 11.5. The number of nitrogens with zero attached hydrogens (tertiary/aromatic N) is 1. The van der Waals surface area contributed by atoms with E-state index in [9.17, 15) is 14.7 Å². The second-order valence-corrected chi connectivity index (χ2v) is 11.5. The highest BCUT2D eigenvalue weighted by Crippen LogP contribution is 2.46. The molecule has 4 rings (SSSR count). The molecule has 1 aromatic carbocycles. The molecule has 0 spiro atoms. The average Bonchev–Trinajstić information content (AvgIpc) is 2.84. The summed E-state index contributed by atoms with van der Waals surface area (Å²) in [6.45, 7) is 11.4. The highest BCUT2D eigenvalue weighted by atomic mass is 16.6. The molecule has 7 nitrogen and oxygen atoms in total. The van der Waals surface area contributed by atoms with Crippen LogP contribution in [0.5, 0.6) is 11.5 Å². The van der Waals surface area contributed by atoms with Crippen LogP contribution >= 0.6 is 0 Å². The van der Waals surface area contributed by atoms with E-state index in [0.29, 0.717) is 23.3 Å². The number of carbonyl (C=O) groups is 2. The molecule has 198 valence electrons. The van der Waals surface area contributed by atoms with Crippen molar-refractivity contribution < 1.29 is 29.1 Å². The van der Waals surface area contributed by atoms with Crippen molar-refractivity contribution in [3.05, 3.63) is 29.3 Å². The van der Waals surface area contributed by atoms with Crippen molar-refractivity contribution in [1.29, 1.82) is 0 Å². The molecule has 3 heterocycles. The number of rotatable bonds is 6. The Labute approximate surface area is 215 Å². The molecule has 2 fully saturated rings. The van der Waals surface area contributed by atoms with Crippen LogP contribution in [0, 0.1) is 5.92 Å². The van der Waals surface area contributed by atoms with Gasteiger partial charge in [-0.3, -0.25) is 9.59 Å². The maximum atomic E-state index is 12.8. The molecule has 0 saturated carbocycles. The summed E-state index contributed by atoms with van der Waals surface area (Å²) in [5.41, 5.74) is 0.514. The lowest BCUT2D eigenvalue weighted by Crippen LogP contribution is -3.14. The van der Waals surface area contributed by atoms with Gasteiger partial charge in [0.05, 0.1) is 18.7 Å². The molecule has 0 unspecified atom stereocenters. The lowest BCUT2D eigenvalue weighted by molar-refractivity contribution is -0.941. The Morgan fingerprint density at radius 2 is 1.81 bits per heavy atom. The minimum atomic E-state index is -0.747. The number of piperidine rings is 2. The lowest BCUT2D eigenvalue weighted by Gasteiger charge is -2.46. The van der Waals surface area contributed by atoms with E-state index in [2.05, 4.69) is 0 Å². The van der Waals surface area contributed by atoms with E-state index in [-0.39, 0.29) is 29.6 Å². The summed E-state index contributed by atoms with van der Waals surface area (Å²) >= 11 is 0. The van der Waals surface area contributed by atoms with Gasteiger partial charge in [0.15, 0.2) is 12.1 Å². The molecule has 0 aliphatic carbocycles. The van der Waals surface area contributed by atoms with Gasteiger partial charge < -0.3 is 24.4 Å². The zero-order chi connectivity index (χ0) is 25.9. The number of phenolic OH excluding ortho intramolecular Hbond substituents is 1. The second-order valence-electron chi connectivity index (χ2n) is 11.5. The standard InChI is InChI=1S/C29H42N2O5/c1-20(2)19-24(33)35-28-26(31-17-9-6-10-18-31)25-22(36-29(28,3)4)13-11-21(27(25)34)12-14-23(32)30-15-7-5-8-16-30/h11-14,20,26,28,34H,5-10,15-19H2,1-4H3/p+1/b14-12+/t26-,28-/m0/s1. The number of hydrogen-bond donors (Lipinski definition) is 2. The van der Waals surface area contributed by atoms with Crippen molar-refractivity contribution in [2.24, 2.45) is 5.92 Å². The predicted molar refractivity (Wildman–Crippen MR) is 139 cm³/mol. The number of amides is 1. The summed E-state index contributed by atoms with van der Waals surface area (Å²) in [6.07, 6.45) is 9.69. The molecule has 1 aromatic rings. The molecule has 3 aliphatic heterocycles. The molecule has 0 radical (unpaired) electrons. The third-order valence-corrected chi connectivity index (χ3v) is 7.72. The number of phenols is 1. The SMILES string of the molecule is CC(C)CC(=O)O[C@H]1[C@@H]([NH+]2CCCCC2)c2c(ccc(/C=C/C(=O)N3CCCCC3)c2O)OC1(C)C. The van der Waals surface area contributed by atoms with E-state index in [4.69, 9.17) is 9.47 Å². The average molecular weight is 500 g/mol. The molecule has 0 bridgehead atoms. The zero-order valence-electron chi connectivity index (χ0n) is 22.3. The summed E-state index contributed by atoms with van der Waals surface area (Å²) in [4.78, 5) is 28.7. The fourth-order valence-corrected chi connectivity index (χ4v) is 5.87. The first-order chi connectivity index (χ1) is 17.2. The van der Waals surface area contributed by atoms with Crippen LogP contribution in [0.15, 0.2) is 18.2 Å². The van der Waals surface area contributed by atoms with Crippen LogP contribution < -0.4 is 9.64 Å². The van der Waals surface area contributed by atoms with E-state index < -0.39 is 11.7 Å². The number of esters is 1. The maximum absolute atomic E-state index is 12.8. The van der Waals surface area contributed by atoms with Gasteiger partial charge in [0, 0.05) is 31.1 Å². The summed E-state index contributed by atoms with van der Waals surface area (Å²) in [6, 6.07) is 3.44. The summed E-state index contributed by atoms with van der Waals surface area (Å²) in [5.74, 6) is 0.665. The van der Waals surface area contributed by atoms with Gasteiger partial charge in [-0.25, -0.2) is 0 Å². The predicted octanol–water partition coefficient (Wildman–Crippen LogP) is 3.66. The van der Waals surface area contributed by atoms with Crippen LogP contribution in [0.4, 0.5) is 0 Å². The molecule has 2 N–H and O–H groups in total. The smallest absolute Gasteiger partial charge is 0.306 e. The Morgan fingerprint density at radius 1 is 1.14 bits per heavy atom. The molecule has 7 heteroatoms. The van der Waals surface area contributed by atoms with E-state index in [0.717, 1.165) is 51.9 Å². The molecule has 2 atom stereocenters. The third kappa shape index (κ3) is 5.88. The zero-order valence-corrected chi connectivity index (χ0v) is 22.3. The van der Waals surface area contributed by atoms with Crippen molar-refractivity contribution >= 4 is 18.0 Å². The van der Waals surface area contributed by atoms with Gasteiger partial charge in [0.1, 0.15) is 17.1 Å². The molecule has 36 heavy (non-hydrogen) atoms. The van der Waals surface area contributed by atoms with Crippen molar-refractivity contribution in [2.45, 2.75) is 90.4 Å². The van der Waals surface area contributed by atoms with Crippen molar-refractivity contribution in [3.8, 4) is 11.5 Å². The molecule has 3 aliphatic rings. The molecule has 2 saturated heterocycles. The number of hydrogen-bond acceptors (Lipinski definition) is 5. The minimum absolute atomic E-state index is 0.0251. The number of quaternary nitrogens is 1. The minimum Gasteiger partial charge on any atom is -0.507 e. The van der Waals surface area contributed by atoms with Crippen molar-refractivity contribution in [2.75, 3.05) is 26.2 Å². The van der Waals surface area contributed by atoms with Crippen LogP contribution in [0.1, 0.15) is 89.8 Å².